The van der Waals surface area contributed by atoms with Crippen molar-refractivity contribution in [1.82, 2.24) is 0 Å². The van der Waals surface area contributed by atoms with Crippen molar-refractivity contribution < 1.29 is 48.8 Å². The first kappa shape index (κ1) is 24.9. The van der Waals surface area contributed by atoms with E-state index in [0.29, 0.717) is 17.9 Å². The molecule has 1 aliphatic rings. The van der Waals surface area contributed by atoms with Gasteiger partial charge in [0.05, 0.1) is 13.7 Å². The lowest BCUT2D eigenvalue weighted by atomic mass is 9.99. The molecule has 33 heavy (non-hydrogen) atoms. The van der Waals surface area contributed by atoms with Gasteiger partial charge in [0.2, 0.25) is 0 Å². The monoisotopic (exact) mass is 464 g/mol. The fraction of sp³-hybridized carbons (Fsp3) is 0.435. The molecule has 10 heteroatoms. The van der Waals surface area contributed by atoms with Crippen molar-refractivity contribution in [3.8, 4) is 11.5 Å². The molecule has 1 fully saturated rings. The van der Waals surface area contributed by atoms with E-state index < -0.39 is 43.3 Å². The Morgan fingerprint density at radius 3 is 2.45 bits per heavy atom. The molecular formula is C23H28O10. The van der Waals surface area contributed by atoms with Gasteiger partial charge in [-0.3, -0.25) is 4.89 Å². The lowest BCUT2D eigenvalue weighted by Crippen LogP contribution is -2.60. The first-order valence-corrected chi connectivity index (χ1v) is 10.3. The molecule has 180 valence electrons. The van der Waals surface area contributed by atoms with Crippen LogP contribution < -0.4 is 9.47 Å². The van der Waals surface area contributed by atoms with E-state index in [9.17, 15) is 20.1 Å². The minimum atomic E-state index is -1.61. The summed E-state index contributed by atoms with van der Waals surface area (Å²) in [6.07, 6.45) is -6.47. The molecular weight excluding hydrogens is 436 g/mol. The van der Waals surface area contributed by atoms with E-state index >= 15 is 0 Å². The highest BCUT2D eigenvalue weighted by Gasteiger charge is 2.47. The Morgan fingerprint density at radius 2 is 1.82 bits per heavy atom. The van der Waals surface area contributed by atoms with E-state index in [0.717, 1.165) is 5.56 Å². The van der Waals surface area contributed by atoms with E-state index in [-0.39, 0.29) is 11.3 Å². The van der Waals surface area contributed by atoms with Gasteiger partial charge in [-0.25, -0.2) is 4.79 Å². The molecule has 0 aromatic heterocycles. The number of hydrogen-bond acceptors (Lipinski definition) is 10. The number of hydrogen-bond donors (Lipinski definition) is 3. The topological polar surface area (TPSA) is 133 Å². The first-order chi connectivity index (χ1) is 15.9. The fourth-order valence-corrected chi connectivity index (χ4v) is 3.54. The Morgan fingerprint density at radius 1 is 1.09 bits per heavy atom. The Kier molecular flexibility index (Phi) is 8.61. The lowest BCUT2D eigenvalue weighted by Gasteiger charge is -2.40. The van der Waals surface area contributed by atoms with Gasteiger partial charge >= 0.3 is 5.97 Å². The summed E-state index contributed by atoms with van der Waals surface area (Å²) in [7, 11) is 2.68. The van der Waals surface area contributed by atoms with Gasteiger partial charge < -0.3 is 34.3 Å². The van der Waals surface area contributed by atoms with Crippen LogP contribution in [0.15, 0.2) is 42.5 Å². The minimum Gasteiger partial charge on any atom is -0.496 e. The fourth-order valence-electron chi connectivity index (χ4n) is 3.54. The third-order valence-electron chi connectivity index (χ3n) is 5.27. The molecule has 0 spiro atoms. The minimum absolute atomic E-state index is 0.0959. The van der Waals surface area contributed by atoms with Crippen LogP contribution in [0, 0.1) is 6.92 Å². The van der Waals surface area contributed by atoms with Crippen molar-refractivity contribution in [1.29, 1.82) is 0 Å². The molecule has 1 saturated heterocycles. The van der Waals surface area contributed by atoms with Crippen LogP contribution in [0.3, 0.4) is 0 Å². The third-order valence-corrected chi connectivity index (χ3v) is 5.27. The van der Waals surface area contributed by atoms with Gasteiger partial charge in [0.25, 0.3) is 0 Å². The van der Waals surface area contributed by atoms with Crippen LogP contribution in [0.4, 0.5) is 0 Å². The molecule has 0 aliphatic carbocycles. The molecule has 3 N–H and O–H groups in total. The largest absolute Gasteiger partial charge is 0.496 e. The van der Waals surface area contributed by atoms with Crippen LogP contribution in [-0.2, 0) is 25.9 Å². The van der Waals surface area contributed by atoms with Crippen molar-refractivity contribution in [3.63, 3.8) is 0 Å². The summed E-state index contributed by atoms with van der Waals surface area (Å²) in [4.78, 5) is 22.8. The summed E-state index contributed by atoms with van der Waals surface area (Å²) in [5.41, 5.74) is 1.59. The van der Waals surface area contributed by atoms with Crippen LogP contribution in [0.25, 0.3) is 0 Å². The zero-order valence-corrected chi connectivity index (χ0v) is 18.5. The quantitative estimate of drug-likeness (QED) is 0.366. The van der Waals surface area contributed by atoms with Gasteiger partial charge in [0, 0.05) is 13.2 Å². The summed E-state index contributed by atoms with van der Waals surface area (Å²) >= 11 is 0. The molecule has 3 rings (SSSR count). The van der Waals surface area contributed by atoms with Crippen molar-refractivity contribution in [3.05, 3.63) is 59.2 Å². The highest BCUT2D eigenvalue weighted by Crippen LogP contribution is 2.31. The maximum atomic E-state index is 12.7. The number of aliphatic hydroxyl groups excluding tert-OH is 3. The Balaban J connectivity index is 1.70. The van der Waals surface area contributed by atoms with Gasteiger partial charge in [-0.1, -0.05) is 30.3 Å². The molecule has 0 amide bonds. The summed E-state index contributed by atoms with van der Waals surface area (Å²) in [5, 5.41) is 29.6. The molecule has 2 aromatic rings. The summed E-state index contributed by atoms with van der Waals surface area (Å²) in [6, 6.07) is 12.8. The average Bonchev–Trinajstić information content (AvgIpc) is 2.82. The van der Waals surface area contributed by atoms with Gasteiger partial charge in [0.1, 0.15) is 42.0 Å². The molecule has 0 bridgehead atoms. The summed E-state index contributed by atoms with van der Waals surface area (Å²) in [6.45, 7) is 1.48. The molecule has 5 atom stereocenters. The zero-order valence-electron chi connectivity index (χ0n) is 18.5. The maximum Gasteiger partial charge on any atom is 0.377 e. The predicted molar refractivity (Wildman–Crippen MR) is 114 cm³/mol. The van der Waals surface area contributed by atoms with Crippen LogP contribution in [0.5, 0.6) is 11.5 Å². The van der Waals surface area contributed by atoms with Gasteiger partial charge in [-0.05, 0) is 24.1 Å². The molecule has 2 aromatic carbocycles. The van der Waals surface area contributed by atoms with Crippen LogP contribution in [0.2, 0.25) is 0 Å². The second-order valence-electron chi connectivity index (χ2n) is 7.46. The van der Waals surface area contributed by atoms with E-state index in [1.165, 1.54) is 14.2 Å². The van der Waals surface area contributed by atoms with Crippen LogP contribution in [0.1, 0.15) is 21.5 Å². The second-order valence-corrected chi connectivity index (χ2v) is 7.46. The highest BCUT2D eigenvalue weighted by molar-refractivity contribution is 5.94. The Labute approximate surface area is 191 Å². The highest BCUT2D eigenvalue weighted by atomic mass is 17.2. The summed E-state index contributed by atoms with van der Waals surface area (Å²) in [5.74, 6) is -0.185. The molecule has 1 heterocycles. The second kappa shape index (κ2) is 11.4. The van der Waals surface area contributed by atoms with Gasteiger partial charge in [0.15, 0.2) is 12.4 Å². The molecule has 10 nitrogen and oxygen atoms in total. The number of methoxy groups -OCH3 is 2. The SMILES string of the molecule is COc1cc(OCc2ccccc2)cc(C)c1C(=O)OO[C@@H]1[C@@H](OC)[C@H](O)[C@@H](CO)O[C@@H]1O. The van der Waals surface area contributed by atoms with Crippen molar-refractivity contribution in [2.75, 3.05) is 20.8 Å². The number of rotatable bonds is 9. The van der Waals surface area contributed by atoms with Crippen molar-refractivity contribution >= 4 is 5.97 Å². The smallest absolute Gasteiger partial charge is 0.377 e. The number of aryl methyl sites for hydroxylation is 1. The van der Waals surface area contributed by atoms with Crippen molar-refractivity contribution in [2.24, 2.45) is 0 Å². The number of aliphatic hydroxyl groups is 3. The molecule has 0 saturated carbocycles. The van der Waals surface area contributed by atoms with Crippen LogP contribution >= 0.6 is 0 Å². The van der Waals surface area contributed by atoms with E-state index in [4.69, 9.17) is 28.7 Å². The average molecular weight is 464 g/mol. The van der Waals surface area contributed by atoms with Crippen LogP contribution in [-0.4, -0.2) is 72.8 Å². The normalized spacial score (nSPS) is 24.8. The third kappa shape index (κ3) is 5.80. The van der Waals surface area contributed by atoms with E-state index in [1.807, 2.05) is 30.3 Å². The number of benzene rings is 2. The van der Waals surface area contributed by atoms with Gasteiger partial charge in [-0.15, -0.1) is 0 Å². The Bertz CT molecular complexity index is 919. The zero-order chi connectivity index (χ0) is 24.0. The van der Waals surface area contributed by atoms with E-state index in [2.05, 4.69) is 0 Å². The van der Waals surface area contributed by atoms with E-state index in [1.54, 1.807) is 19.1 Å². The maximum absolute atomic E-state index is 12.7. The molecule has 0 radical (unpaired) electrons. The lowest BCUT2D eigenvalue weighted by molar-refractivity contribution is -0.378. The van der Waals surface area contributed by atoms with Gasteiger partial charge in [-0.2, -0.15) is 4.89 Å². The number of carbonyl (C=O) groups excluding carboxylic acids is 1. The Hall–Kier alpha value is -2.73. The first-order valence-electron chi connectivity index (χ1n) is 10.3. The number of carbonyl (C=O) groups is 1. The summed E-state index contributed by atoms with van der Waals surface area (Å²) < 4.78 is 21.4. The predicted octanol–water partition coefficient (Wildman–Crippen LogP) is 1.13. The molecule has 1 aliphatic heterocycles. The van der Waals surface area contributed by atoms with Crippen molar-refractivity contribution in [2.45, 2.75) is 44.2 Å². The number of ether oxygens (including phenoxy) is 4. The molecule has 0 unspecified atom stereocenters. The standard InChI is InChI=1S/C23H28O10/c1-13-9-15(30-12-14-7-5-4-6-8-14)10-16(28-2)18(13)22(26)33-32-21-20(29-3)19(25)17(11-24)31-23(21)27/h4-10,17,19-21,23-25,27H,11-12H2,1-3H3/t17-,19-,20+,21-,23+/m1/s1.